The quantitative estimate of drug-likeness (QED) is 0.671. The topological polar surface area (TPSA) is 47.6 Å². The predicted octanol–water partition coefficient (Wildman–Crippen LogP) is 5.39. The maximum absolute atomic E-state index is 11.8. The summed E-state index contributed by atoms with van der Waals surface area (Å²) in [5.41, 5.74) is 3.91. The number of hydrogen-bond donors (Lipinski definition) is 1. The summed E-state index contributed by atoms with van der Waals surface area (Å²) in [5.74, 6) is 1.45. The first-order valence-corrected chi connectivity index (χ1v) is 9.19. The van der Waals surface area contributed by atoms with Crippen molar-refractivity contribution in [3.05, 3.63) is 51.5 Å². The van der Waals surface area contributed by atoms with Gasteiger partial charge in [0.15, 0.2) is 0 Å². The fourth-order valence-corrected chi connectivity index (χ4v) is 2.95. The number of carbonyl (C=O) groups excluding carboxylic acids is 1. The van der Waals surface area contributed by atoms with E-state index in [9.17, 15) is 4.79 Å². The van der Waals surface area contributed by atoms with E-state index in [2.05, 4.69) is 35.1 Å². The molecule has 0 saturated heterocycles. The molecule has 0 radical (unpaired) electrons. The first-order valence-electron chi connectivity index (χ1n) is 8.40. The van der Waals surface area contributed by atoms with E-state index in [1.54, 1.807) is 0 Å². The highest BCUT2D eigenvalue weighted by Gasteiger charge is 2.13. The van der Waals surface area contributed by atoms with Crippen molar-refractivity contribution in [2.45, 2.75) is 40.7 Å². The monoisotopic (exact) mass is 405 g/mol. The first-order chi connectivity index (χ1) is 12.0. The van der Waals surface area contributed by atoms with Gasteiger partial charge in [-0.3, -0.25) is 4.79 Å². The highest BCUT2D eigenvalue weighted by atomic mass is 79.9. The molecule has 2 rings (SSSR count). The third-order valence-corrected chi connectivity index (χ3v) is 4.57. The van der Waals surface area contributed by atoms with Crippen LogP contribution in [0.15, 0.2) is 34.8 Å². The lowest BCUT2D eigenvalue weighted by atomic mass is 10.1. The van der Waals surface area contributed by atoms with Gasteiger partial charge in [-0.1, -0.05) is 13.0 Å². The number of amides is 1. The highest BCUT2D eigenvalue weighted by Crippen LogP contribution is 2.32. The average molecular weight is 406 g/mol. The van der Waals surface area contributed by atoms with Crippen LogP contribution in [0.5, 0.6) is 11.5 Å². The van der Waals surface area contributed by atoms with Crippen molar-refractivity contribution in [2.24, 2.45) is 0 Å². The van der Waals surface area contributed by atoms with Gasteiger partial charge in [-0.2, -0.15) is 0 Å². The normalized spacial score (nSPS) is 10.4. The van der Waals surface area contributed by atoms with Gasteiger partial charge in [0.05, 0.1) is 22.3 Å². The van der Waals surface area contributed by atoms with Gasteiger partial charge < -0.3 is 14.8 Å². The van der Waals surface area contributed by atoms with Crippen molar-refractivity contribution in [3.8, 4) is 11.5 Å². The number of hydrogen-bond acceptors (Lipinski definition) is 3. The molecular weight excluding hydrogens is 382 g/mol. The lowest BCUT2D eigenvalue weighted by molar-refractivity contribution is -0.115. The number of halogens is 1. The SMILES string of the molecule is CCOc1cccc(NC(=O)CC)c1COc1cc(C)c(C)cc1Br. The maximum atomic E-state index is 11.8. The van der Waals surface area contributed by atoms with Crippen LogP contribution in [0.3, 0.4) is 0 Å². The third kappa shape index (κ3) is 4.98. The summed E-state index contributed by atoms with van der Waals surface area (Å²) in [5, 5.41) is 2.92. The van der Waals surface area contributed by atoms with E-state index in [1.807, 2.05) is 44.2 Å². The van der Waals surface area contributed by atoms with Crippen LogP contribution < -0.4 is 14.8 Å². The van der Waals surface area contributed by atoms with E-state index in [1.165, 1.54) is 5.56 Å². The van der Waals surface area contributed by atoms with Crippen LogP contribution in [0.4, 0.5) is 5.69 Å². The van der Waals surface area contributed by atoms with Gasteiger partial charge in [0.25, 0.3) is 0 Å². The molecule has 2 aromatic carbocycles. The maximum Gasteiger partial charge on any atom is 0.224 e. The zero-order chi connectivity index (χ0) is 18.4. The van der Waals surface area contributed by atoms with Gasteiger partial charge in [-0.05, 0) is 72.1 Å². The smallest absolute Gasteiger partial charge is 0.224 e. The zero-order valence-electron chi connectivity index (χ0n) is 15.1. The van der Waals surface area contributed by atoms with E-state index in [0.29, 0.717) is 19.6 Å². The van der Waals surface area contributed by atoms with E-state index in [-0.39, 0.29) is 5.91 Å². The van der Waals surface area contributed by atoms with Crippen LogP contribution in [-0.4, -0.2) is 12.5 Å². The van der Waals surface area contributed by atoms with Crippen molar-refractivity contribution in [1.29, 1.82) is 0 Å². The number of anilines is 1. The van der Waals surface area contributed by atoms with Gasteiger partial charge in [0.2, 0.25) is 5.91 Å². The summed E-state index contributed by atoms with van der Waals surface area (Å²) in [6.07, 6.45) is 0.419. The third-order valence-electron chi connectivity index (χ3n) is 3.95. The van der Waals surface area contributed by atoms with Gasteiger partial charge >= 0.3 is 0 Å². The average Bonchev–Trinajstić information content (AvgIpc) is 2.58. The second kappa shape index (κ2) is 8.90. The Morgan fingerprint density at radius 3 is 2.48 bits per heavy atom. The fourth-order valence-electron chi connectivity index (χ4n) is 2.38. The number of rotatable bonds is 7. The molecule has 0 aliphatic rings. The molecule has 4 nitrogen and oxygen atoms in total. The number of carbonyl (C=O) groups is 1. The molecule has 0 aromatic heterocycles. The Bertz CT molecular complexity index is 759. The van der Waals surface area contributed by atoms with Crippen molar-refractivity contribution in [2.75, 3.05) is 11.9 Å². The zero-order valence-corrected chi connectivity index (χ0v) is 16.7. The van der Waals surface area contributed by atoms with Gasteiger partial charge in [-0.25, -0.2) is 0 Å². The Hall–Kier alpha value is -2.01. The summed E-state index contributed by atoms with van der Waals surface area (Å²) in [4.78, 5) is 11.8. The molecule has 134 valence electrons. The van der Waals surface area contributed by atoms with Crippen LogP contribution in [0, 0.1) is 13.8 Å². The Morgan fingerprint density at radius 2 is 1.80 bits per heavy atom. The molecule has 2 aromatic rings. The van der Waals surface area contributed by atoms with Gasteiger partial charge in [0.1, 0.15) is 18.1 Å². The van der Waals surface area contributed by atoms with E-state index in [0.717, 1.165) is 32.8 Å². The van der Waals surface area contributed by atoms with E-state index < -0.39 is 0 Å². The Labute approximate surface area is 157 Å². The van der Waals surface area contributed by atoms with Gasteiger partial charge in [-0.15, -0.1) is 0 Å². The van der Waals surface area contributed by atoms with Crippen LogP contribution in [0.25, 0.3) is 0 Å². The lowest BCUT2D eigenvalue weighted by Gasteiger charge is -2.17. The number of nitrogens with one attached hydrogen (secondary N) is 1. The summed E-state index contributed by atoms with van der Waals surface area (Å²) in [6.45, 7) is 8.72. The molecule has 0 aliphatic carbocycles. The van der Waals surface area contributed by atoms with Crippen LogP contribution in [-0.2, 0) is 11.4 Å². The molecule has 0 bridgehead atoms. The summed E-state index contributed by atoms with van der Waals surface area (Å²) in [7, 11) is 0. The minimum absolute atomic E-state index is 0.0396. The molecular formula is C20H24BrNO3. The molecule has 0 heterocycles. The van der Waals surface area contributed by atoms with E-state index >= 15 is 0 Å². The molecule has 1 amide bonds. The molecule has 5 heteroatoms. The summed E-state index contributed by atoms with van der Waals surface area (Å²) in [6, 6.07) is 9.67. The van der Waals surface area contributed by atoms with Crippen molar-refractivity contribution in [3.63, 3.8) is 0 Å². The largest absolute Gasteiger partial charge is 0.493 e. The van der Waals surface area contributed by atoms with Crippen LogP contribution >= 0.6 is 15.9 Å². The molecule has 0 fully saturated rings. The molecule has 1 N–H and O–H groups in total. The molecule has 0 saturated carbocycles. The van der Waals surface area contributed by atoms with Crippen molar-refractivity contribution >= 4 is 27.5 Å². The van der Waals surface area contributed by atoms with E-state index in [4.69, 9.17) is 9.47 Å². The second-order valence-electron chi connectivity index (χ2n) is 5.77. The first kappa shape index (κ1) is 19.3. The Balaban J connectivity index is 2.30. The second-order valence-corrected chi connectivity index (χ2v) is 6.63. The summed E-state index contributed by atoms with van der Waals surface area (Å²) < 4.78 is 12.6. The Kier molecular flexibility index (Phi) is 6.88. The molecule has 0 unspecified atom stereocenters. The minimum atomic E-state index is -0.0396. The predicted molar refractivity (Wildman–Crippen MR) is 104 cm³/mol. The molecule has 0 aliphatic heterocycles. The van der Waals surface area contributed by atoms with Gasteiger partial charge in [0, 0.05) is 6.42 Å². The number of ether oxygens (including phenoxy) is 2. The highest BCUT2D eigenvalue weighted by molar-refractivity contribution is 9.10. The fraction of sp³-hybridized carbons (Fsp3) is 0.350. The van der Waals surface area contributed by atoms with Crippen molar-refractivity contribution in [1.82, 2.24) is 0 Å². The van der Waals surface area contributed by atoms with Crippen molar-refractivity contribution < 1.29 is 14.3 Å². The standard InChI is InChI=1S/C20H24BrNO3/c1-5-20(23)22-17-8-7-9-18(24-6-2)15(17)12-25-19-11-14(4)13(3)10-16(19)21/h7-11H,5-6,12H2,1-4H3,(H,22,23). The van der Waals surface area contributed by atoms with Crippen LogP contribution in [0.1, 0.15) is 37.0 Å². The minimum Gasteiger partial charge on any atom is -0.493 e. The molecule has 0 spiro atoms. The number of aryl methyl sites for hydroxylation is 2. The Morgan fingerprint density at radius 1 is 1.08 bits per heavy atom. The van der Waals surface area contributed by atoms with Crippen LogP contribution in [0.2, 0.25) is 0 Å². The lowest BCUT2D eigenvalue weighted by Crippen LogP contribution is -2.13. The summed E-state index contributed by atoms with van der Waals surface area (Å²) >= 11 is 3.55. The molecule has 25 heavy (non-hydrogen) atoms. The number of benzene rings is 2. The molecule has 0 atom stereocenters.